The van der Waals surface area contributed by atoms with Crippen molar-refractivity contribution in [2.24, 2.45) is 4.99 Å². The van der Waals surface area contributed by atoms with Crippen LogP contribution in [0.3, 0.4) is 0 Å². The lowest BCUT2D eigenvalue weighted by Crippen LogP contribution is -2.35. The molecule has 2 aromatic heterocycles. The number of pyridine rings is 2. The van der Waals surface area contributed by atoms with Gasteiger partial charge in [-0.3, -0.25) is 24.7 Å². The Labute approximate surface area is 197 Å². The van der Waals surface area contributed by atoms with Crippen molar-refractivity contribution in [1.82, 2.24) is 14.9 Å². The number of halogens is 1. The predicted molar refractivity (Wildman–Crippen MR) is 128 cm³/mol. The van der Waals surface area contributed by atoms with Crippen LogP contribution >= 0.6 is 0 Å². The molecule has 7 nitrogen and oxygen atoms in total. The van der Waals surface area contributed by atoms with Crippen LogP contribution in [0, 0.1) is 5.82 Å². The number of hydrogen-bond acceptors (Lipinski definition) is 6. The molecule has 174 valence electrons. The number of aryl methyl sites for hydroxylation is 1. The van der Waals surface area contributed by atoms with Crippen LogP contribution < -0.4 is 5.32 Å². The Hall–Kier alpha value is -3.49. The molecule has 1 saturated heterocycles. The van der Waals surface area contributed by atoms with E-state index in [1.807, 2.05) is 18.5 Å². The lowest BCUT2D eigenvalue weighted by atomic mass is 9.94. The van der Waals surface area contributed by atoms with Crippen molar-refractivity contribution in [2.45, 2.75) is 19.4 Å². The van der Waals surface area contributed by atoms with Crippen LogP contribution in [0.5, 0.6) is 0 Å². The Bertz CT molecular complexity index is 1220. The summed E-state index contributed by atoms with van der Waals surface area (Å²) >= 11 is 0. The van der Waals surface area contributed by atoms with Gasteiger partial charge in [-0.15, -0.1) is 0 Å². The van der Waals surface area contributed by atoms with Gasteiger partial charge in [0.2, 0.25) is 0 Å². The minimum atomic E-state index is -0.507. The number of aliphatic imine (C=N–C) groups is 1. The summed E-state index contributed by atoms with van der Waals surface area (Å²) in [5, 5.41) is 2.73. The summed E-state index contributed by atoms with van der Waals surface area (Å²) in [4.78, 5) is 28.3. The molecule has 0 radical (unpaired) electrons. The first kappa shape index (κ1) is 22.3. The summed E-state index contributed by atoms with van der Waals surface area (Å²) in [6.45, 7) is 4.73. The average molecular weight is 460 g/mol. The van der Waals surface area contributed by atoms with Crippen LogP contribution in [-0.2, 0) is 22.5 Å². The minimum absolute atomic E-state index is 0.301. The van der Waals surface area contributed by atoms with Crippen LogP contribution in [0.2, 0.25) is 0 Å². The number of nitrogens with one attached hydrogen (secondary N) is 1. The fourth-order valence-corrected chi connectivity index (χ4v) is 4.35. The number of carbonyl (C=O) groups is 1. The maximum atomic E-state index is 13.5. The lowest BCUT2D eigenvalue weighted by molar-refractivity contribution is -0.110. The second-order valence-electron chi connectivity index (χ2n) is 8.52. The number of amides is 1. The molecular formula is C26H26FN5O2. The number of rotatable bonds is 5. The first-order chi connectivity index (χ1) is 16.7. The molecule has 0 aliphatic carbocycles. The minimum Gasteiger partial charge on any atom is -0.379 e. The summed E-state index contributed by atoms with van der Waals surface area (Å²) in [7, 11) is 0. The molecule has 8 heteroatoms. The van der Waals surface area contributed by atoms with Crippen LogP contribution in [0.1, 0.15) is 23.1 Å². The van der Waals surface area contributed by atoms with Gasteiger partial charge in [-0.2, -0.15) is 0 Å². The zero-order valence-electron chi connectivity index (χ0n) is 18.8. The van der Waals surface area contributed by atoms with Crippen LogP contribution in [-0.4, -0.2) is 59.3 Å². The van der Waals surface area contributed by atoms with E-state index >= 15 is 0 Å². The van der Waals surface area contributed by atoms with Gasteiger partial charge >= 0.3 is 0 Å². The van der Waals surface area contributed by atoms with E-state index in [9.17, 15) is 9.18 Å². The summed E-state index contributed by atoms with van der Waals surface area (Å²) in [5.41, 5.74) is 5.64. The summed E-state index contributed by atoms with van der Waals surface area (Å²) in [5.74, 6) is -0.875. The van der Waals surface area contributed by atoms with Crippen molar-refractivity contribution in [3.8, 4) is 11.1 Å². The van der Waals surface area contributed by atoms with Gasteiger partial charge in [0, 0.05) is 55.8 Å². The van der Waals surface area contributed by atoms with Gasteiger partial charge in [-0.05, 0) is 41.7 Å². The molecule has 2 aliphatic heterocycles. The Morgan fingerprint density at radius 3 is 2.74 bits per heavy atom. The molecule has 0 spiro atoms. The quantitative estimate of drug-likeness (QED) is 0.632. The molecule has 1 fully saturated rings. The Morgan fingerprint density at radius 2 is 1.88 bits per heavy atom. The van der Waals surface area contributed by atoms with E-state index in [4.69, 9.17) is 4.74 Å². The number of nitrogens with zero attached hydrogens (tertiary/aromatic N) is 4. The second-order valence-corrected chi connectivity index (χ2v) is 8.52. The highest BCUT2D eigenvalue weighted by Gasteiger charge is 2.21. The van der Waals surface area contributed by atoms with Crippen molar-refractivity contribution in [3.05, 3.63) is 77.6 Å². The van der Waals surface area contributed by atoms with Crippen LogP contribution in [0.4, 0.5) is 10.1 Å². The molecule has 0 saturated carbocycles. The molecule has 0 unspecified atom stereocenters. The molecule has 1 N–H and O–H groups in total. The zero-order valence-corrected chi connectivity index (χ0v) is 18.8. The van der Waals surface area contributed by atoms with Crippen molar-refractivity contribution in [2.75, 3.05) is 38.2 Å². The molecule has 1 aromatic carbocycles. The number of carbonyl (C=O) groups excluding carboxylic acids is 1. The van der Waals surface area contributed by atoms with Gasteiger partial charge in [0.25, 0.3) is 5.91 Å². The van der Waals surface area contributed by atoms with E-state index in [0.717, 1.165) is 79.7 Å². The number of ether oxygens (including phenoxy) is 1. The van der Waals surface area contributed by atoms with Gasteiger partial charge in [0.05, 0.1) is 31.3 Å². The molecular weight excluding hydrogens is 433 g/mol. The Kier molecular flexibility index (Phi) is 6.69. The topological polar surface area (TPSA) is 79.7 Å². The van der Waals surface area contributed by atoms with Crippen LogP contribution in [0.25, 0.3) is 11.1 Å². The molecule has 1 amide bonds. The number of anilines is 1. The summed E-state index contributed by atoms with van der Waals surface area (Å²) in [6, 6.07) is 9.54. The SMILES string of the molecule is O=C(Nc1cncc(F)c1)C1=NCCCc2ccc(-c3cncc(CN4CCOCC4)c3)cc21. The molecule has 34 heavy (non-hydrogen) atoms. The molecule has 0 bridgehead atoms. The maximum Gasteiger partial charge on any atom is 0.274 e. The number of morpholine rings is 1. The second kappa shape index (κ2) is 10.2. The van der Waals surface area contributed by atoms with Crippen molar-refractivity contribution < 1.29 is 13.9 Å². The van der Waals surface area contributed by atoms with E-state index in [0.29, 0.717) is 17.9 Å². The smallest absolute Gasteiger partial charge is 0.274 e. The largest absolute Gasteiger partial charge is 0.379 e. The molecule has 5 rings (SSSR count). The Morgan fingerprint density at radius 1 is 1.03 bits per heavy atom. The first-order valence-corrected chi connectivity index (χ1v) is 11.5. The summed E-state index contributed by atoms with van der Waals surface area (Å²) < 4.78 is 19.0. The highest BCUT2D eigenvalue weighted by atomic mass is 19.1. The van der Waals surface area contributed by atoms with Gasteiger partial charge in [0.1, 0.15) is 11.5 Å². The van der Waals surface area contributed by atoms with Crippen molar-refractivity contribution in [1.29, 1.82) is 0 Å². The maximum absolute atomic E-state index is 13.5. The molecule has 0 atom stereocenters. The van der Waals surface area contributed by atoms with Crippen molar-refractivity contribution >= 4 is 17.3 Å². The number of hydrogen-bond donors (Lipinski definition) is 1. The standard InChI is InChI=1S/C26H26FN5O2/c27-22-12-23(16-29-15-22)31-26(33)25-24-11-20(4-3-19(24)2-1-5-30-25)21-10-18(13-28-14-21)17-32-6-8-34-9-7-32/h3-4,10-16H,1-2,5-9,17H2,(H,31,33). The lowest BCUT2D eigenvalue weighted by Gasteiger charge is -2.26. The third-order valence-corrected chi connectivity index (χ3v) is 6.06. The molecule has 4 heterocycles. The van der Waals surface area contributed by atoms with E-state index in [1.165, 1.54) is 12.3 Å². The molecule has 3 aromatic rings. The van der Waals surface area contributed by atoms with Gasteiger partial charge < -0.3 is 10.1 Å². The number of fused-ring (bicyclic) bond motifs is 1. The zero-order chi connectivity index (χ0) is 23.3. The van der Waals surface area contributed by atoms with E-state index in [1.54, 1.807) is 0 Å². The number of aromatic nitrogens is 2. The summed E-state index contributed by atoms with van der Waals surface area (Å²) in [6.07, 6.45) is 7.96. The highest BCUT2D eigenvalue weighted by molar-refractivity contribution is 6.49. The third-order valence-electron chi connectivity index (χ3n) is 6.06. The molecule has 2 aliphatic rings. The number of benzene rings is 1. The average Bonchev–Trinajstić information content (AvgIpc) is 3.07. The van der Waals surface area contributed by atoms with Gasteiger partial charge in [-0.25, -0.2) is 4.39 Å². The van der Waals surface area contributed by atoms with Crippen LogP contribution in [0.15, 0.2) is 60.1 Å². The van der Waals surface area contributed by atoms with E-state index in [-0.39, 0.29) is 5.91 Å². The van der Waals surface area contributed by atoms with Gasteiger partial charge in [-0.1, -0.05) is 12.1 Å². The predicted octanol–water partition coefficient (Wildman–Crippen LogP) is 3.49. The van der Waals surface area contributed by atoms with E-state index < -0.39 is 5.82 Å². The van der Waals surface area contributed by atoms with Gasteiger partial charge in [0.15, 0.2) is 0 Å². The fraction of sp³-hybridized carbons (Fsp3) is 0.308. The van der Waals surface area contributed by atoms with E-state index in [2.05, 4.69) is 43.4 Å². The monoisotopic (exact) mass is 459 g/mol. The van der Waals surface area contributed by atoms with Crippen molar-refractivity contribution in [3.63, 3.8) is 0 Å². The highest BCUT2D eigenvalue weighted by Crippen LogP contribution is 2.26. The third kappa shape index (κ3) is 5.18. The normalized spacial score (nSPS) is 16.3. The first-order valence-electron chi connectivity index (χ1n) is 11.5. The Balaban J connectivity index is 1.42. The fourth-order valence-electron chi connectivity index (χ4n) is 4.35.